The van der Waals surface area contributed by atoms with Crippen molar-refractivity contribution in [2.75, 3.05) is 25.5 Å². The molecule has 2 aromatic carbocycles. The summed E-state index contributed by atoms with van der Waals surface area (Å²) in [5.74, 6) is 0.431. The van der Waals surface area contributed by atoms with Crippen LogP contribution in [0.5, 0.6) is 5.75 Å². The fourth-order valence-corrected chi connectivity index (χ4v) is 4.48. The third kappa shape index (κ3) is 5.54. The molecule has 1 amide bonds. The first-order chi connectivity index (χ1) is 16.6. The molecule has 1 aliphatic rings. The van der Waals surface area contributed by atoms with Crippen LogP contribution in [0, 0.1) is 5.82 Å². The Morgan fingerprint density at radius 3 is 2.71 bits per heavy atom. The number of fused-ring (bicyclic) bond motifs is 1. The Balaban J connectivity index is 1.70. The number of hydrogen-bond donors (Lipinski definition) is 1. The number of nitrogens with one attached hydrogen (secondary N) is 1. The van der Waals surface area contributed by atoms with Crippen molar-refractivity contribution in [2.24, 2.45) is 0 Å². The lowest BCUT2D eigenvalue weighted by Crippen LogP contribution is -2.42. The van der Waals surface area contributed by atoms with E-state index >= 15 is 0 Å². The molecule has 0 aliphatic carbocycles. The minimum absolute atomic E-state index is 0.0189. The van der Waals surface area contributed by atoms with Crippen molar-refractivity contribution in [3.05, 3.63) is 52.0 Å². The molecular formula is C25H27Cl2FN4O3. The maximum absolute atomic E-state index is 14.7. The summed E-state index contributed by atoms with van der Waals surface area (Å²) in [6.07, 6.45) is 2.77. The molecule has 1 unspecified atom stereocenters. The second-order valence-corrected chi connectivity index (χ2v) is 10.2. The number of carbonyl (C=O) groups is 1. The van der Waals surface area contributed by atoms with Gasteiger partial charge in [0.15, 0.2) is 5.82 Å². The Hall–Kier alpha value is -2.84. The van der Waals surface area contributed by atoms with Gasteiger partial charge in [-0.3, -0.25) is 0 Å². The number of ether oxygens (including phenoxy) is 2. The number of likely N-dealkylation sites (tertiary alicyclic amines) is 1. The number of carbonyl (C=O) groups excluding carboxylic acids is 1. The summed E-state index contributed by atoms with van der Waals surface area (Å²) < 4.78 is 25.9. The molecule has 1 N–H and O–H groups in total. The molecule has 0 spiro atoms. The van der Waals surface area contributed by atoms with E-state index in [2.05, 4.69) is 15.3 Å². The van der Waals surface area contributed by atoms with Crippen molar-refractivity contribution in [1.29, 1.82) is 0 Å². The number of amides is 1. The van der Waals surface area contributed by atoms with Crippen molar-refractivity contribution in [2.45, 2.75) is 45.1 Å². The number of methoxy groups -OCH3 is 1. The smallest absolute Gasteiger partial charge is 0.410 e. The minimum Gasteiger partial charge on any atom is -0.496 e. The van der Waals surface area contributed by atoms with Crippen LogP contribution in [-0.2, 0) is 4.74 Å². The van der Waals surface area contributed by atoms with Gasteiger partial charge in [-0.2, -0.15) is 0 Å². The molecule has 0 saturated carbocycles. The van der Waals surface area contributed by atoms with Gasteiger partial charge in [0.05, 0.1) is 28.4 Å². The Morgan fingerprint density at radius 2 is 2.00 bits per heavy atom. The van der Waals surface area contributed by atoms with Gasteiger partial charge in [0.1, 0.15) is 23.5 Å². The maximum atomic E-state index is 14.7. The van der Waals surface area contributed by atoms with Gasteiger partial charge >= 0.3 is 6.09 Å². The number of rotatable bonds is 4. The average Bonchev–Trinajstić information content (AvgIpc) is 2.82. The highest BCUT2D eigenvalue weighted by atomic mass is 35.5. The first-order valence-corrected chi connectivity index (χ1v) is 12.0. The fourth-order valence-electron chi connectivity index (χ4n) is 4.17. The third-order valence-electron chi connectivity index (χ3n) is 5.79. The summed E-state index contributed by atoms with van der Waals surface area (Å²) in [6, 6.07) is 6.78. The van der Waals surface area contributed by atoms with E-state index in [-0.39, 0.29) is 27.7 Å². The molecule has 10 heteroatoms. The molecule has 4 rings (SSSR count). The highest BCUT2D eigenvalue weighted by Gasteiger charge is 2.30. The lowest BCUT2D eigenvalue weighted by atomic mass is 9.89. The van der Waals surface area contributed by atoms with Crippen molar-refractivity contribution in [3.63, 3.8) is 0 Å². The lowest BCUT2D eigenvalue weighted by molar-refractivity contribution is 0.0197. The Morgan fingerprint density at radius 1 is 1.23 bits per heavy atom. The Bertz CT molecular complexity index is 1270. The second kappa shape index (κ2) is 10.0. The minimum atomic E-state index is -0.667. The predicted octanol–water partition coefficient (Wildman–Crippen LogP) is 6.94. The first-order valence-electron chi connectivity index (χ1n) is 11.3. The van der Waals surface area contributed by atoms with Crippen LogP contribution in [0.3, 0.4) is 0 Å². The first kappa shape index (κ1) is 25.3. The predicted molar refractivity (Wildman–Crippen MR) is 136 cm³/mol. The molecular weight excluding hydrogens is 494 g/mol. The molecule has 1 aliphatic heterocycles. The van der Waals surface area contributed by atoms with E-state index in [0.29, 0.717) is 35.6 Å². The summed E-state index contributed by atoms with van der Waals surface area (Å²) in [7, 11) is 1.60. The monoisotopic (exact) mass is 520 g/mol. The SMILES string of the molecule is COc1cc2ncnc(Nc3ccc(Cl)c(Cl)c3F)c2cc1C1CCCN(C(=O)OC(C)(C)C)C1. The van der Waals surface area contributed by atoms with Gasteiger partial charge in [0, 0.05) is 30.5 Å². The number of nitrogens with zero attached hydrogens (tertiary/aromatic N) is 3. The zero-order chi connectivity index (χ0) is 25.3. The molecule has 0 radical (unpaired) electrons. The van der Waals surface area contributed by atoms with Crippen LogP contribution in [0.1, 0.15) is 45.1 Å². The molecule has 1 aromatic heterocycles. The van der Waals surface area contributed by atoms with E-state index < -0.39 is 11.4 Å². The van der Waals surface area contributed by atoms with Gasteiger partial charge in [0.2, 0.25) is 0 Å². The maximum Gasteiger partial charge on any atom is 0.410 e. The summed E-state index contributed by atoms with van der Waals surface area (Å²) >= 11 is 11.9. The van der Waals surface area contributed by atoms with Gasteiger partial charge in [-0.1, -0.05) is 23.2 Å². The van der Waals surface area contributed by atoms with Crippen LogP contribution in [-0.4, -0.2) is 46.8 Å². The molecule has 186 valence electrons. The van der Waals surface area contributed by atoms with E-state index in [9.17, 15) is 9.18 Å². The second-order valence-electron chi connectivity index (χ2n) is 9.45. The zero-order valence-corrected chi connectivity index (χ0v) is 21.5. The summed E-state index contributed by atoms with van der Waals surface area (Å²) in [5.41, 5.74) is 1.12. The van der Waals surface area contributed by atoms with Gasteiger partial charge in [-0.05, 0) is 57.4 Å². The van der Waals surface area contributed by atoms with Crippen LogP contribution in [0.4, 0.5) is 20.7 Å². The largest absolute Gasteiger partial charge is 0.496 e. The van der Waals surface area contributed by atoms with Crippen molar-refractivity contribution in [1.82, 2.24) is 14.9 Å². The molecule has 0 bridgehead atoms. The van der Waals surface area contributed by atoms with Crippen molar-refractivity contribution >= 4 is 51.7 Å². The summed E-state index contributed by atoms with van der Waals surface area (Å²) in [6.45, 7) is 6.68. The van der Waals surface area contributed by atoms with Gasteiger partial charge in [0.25, 0.3) is 0 Å². The molecule has 3 aromatic rings. The Kier molecular flexibility index (Phi) is 7.24. The number of aromatic nitrogens is 2. The summed E-state index contributed by atoms with van der Waals surface area (Å²) in [4.78, 5) is 23.1. The van der Waals surface area contributed by atoms with Crippen molar-refractivity contribution < 1.29 is 18.7 Å². The average molecular weight is 521 g/mol. The van der Waals surface area contributed by atoms with Gasteiger partial charge in [-0.15, -0.1) is 0 Å². The fraction of sp³-hybridized carbons (Fsp3) is 0.400. The molecule has 1 saturated heterocycles. The van der Waals surface area contributed by atoms with E-state index in [1.165, 1.54) is 18.5 Å². The van der Waals surface area contributed by atoms with Gasteiger partial charge in [-0.25, -0.2) is 19.2 Å². The highest BCUT2D eigenvalue weighted by molar-refractivity contribution is 6.42. The summed E-state index contributed by atoms with van der Waals surface area (Å²) in [5, 5.41) is 3.65. The van der Waals surface area contributed by atoms with E-state index in [1.54, 1.807) is 12.0 Å². The van der Waals surface area contributed by atoms with Crippen LogP contribution < -0.4 is 10.1 Å². The van der Waals surface area contributed by atoms with Crippen molar-refractivity contribution in [3.8, 4) is 5.75 Å². The molecule has 2 heterocycles. The number of hydrogen-bond acceptors (Lipinski definition) is 6. The number of benzene rings is 2. The molecule has 1 atom stereocenters. The zero-order valence-electron chi connectivity index (χ0n) is 20.0. The Labute approximate surface area is 213 Å². The number of anilines is 2. The van der Waals surface area contributed by atoms with E-state index in [1.807, 2.05) is 32.9 Å². The topological polar surface area (TPSA) is 76.6 Å². The number of piperidine rings is 1. The molecule has 7 nitrogen and oxygen atoms in total. The normalized spacial score (nSPS) is 16.3. The van der Waals surface area contributed by atoms with Crippen LogP contribution >= 0.6 is 23.2 Å². The van der Waals surface area contributed by atoms with Crippen LogP contribution in [0.2, 0.25) is 10.0 Å². The highest BCUT2D eigenvalue weighted by Crippen LogP contribution is 2.38. The van der Waals surface area contributed by atoms with E-state index in [0.717, 1.165) is 18.4 Å². The molecule has 35 heavy (non-hydrogen) atoms. The van der Waals surface area contributed by atoms with Crippen LogP contribution in [0.15, 0.2) is 30.6 Å². The molecule has 1 fully saturated rings. The lowest BCUT2D eigenvalue weighted by Gasteiger charge is -2.34. The van der Waals surface area contributed by atoms with Crippen LogP contribution in [0.25, 0.3) is 10.9 Å². The quantitative estimate of drug-likeness (QED) is 0.375. The third-order valence-corrected chi connectivity index (χ3v) is 6.57. The number of halogens is 3. The van der Waals surface area contributed by atoms with Gasteiger partial charge < -0.3 is 19.7 Å². The van der Waals surface area contributed by atoms with E-state index in [4.69, 9.17) is 32.7 Å². The standard InChI is InChI=1S/C25H27Cl2FN4O3/c1-25(2,3)35-24(33)32-9-5-6-14(12-32)15-10-16-19(11-20(15)34-4)29-13-30-23(16)31-18-8-7-17(26)21(27)22(18)28/h7-8,10-11,13-14H,5-6,9,12H2,1-4H3,(H,29,30,31).